The second-order valence-corrected chi connectivity index (χ2v) is 10.4. The van der Waals surface area contributed by atoms with E-state index in [9.17, 15) is 14.9 Å². The zero-order chi connectivity index (χ0) is 28.5. The van der Waals surface area contributed by atoms with Gasteiger partial charge in [-0.15, -0.1) is 0 Å². The van der Waals surface area contributed by atoms with Gasteiger partial charge in [-0.2, -0.15) is 9.78 Å². The van der Waals surface area contributed by atoms with Crippen LogP contribution in [0.5, 0.6) is 5.75 Å². The molecule has 0 unspecified atom stereocenters. The first kappa shape index (κ1) is 26.4. The van der Waals surface area contributed by atoms with E-state index in [1.54, 1.807) is 54.6 Å². The smallest absolute Gasteiger partial charge is 0.282 e. The molecule has 0 saturated carbocycles. The number of hydrogen-bond acceptors (Lipinski definition) is 7. The third-order valence-electron chi connectivity index (χ3n) is 6.28. The number of hydrogen-bond donors (Lipinski definition) is 0. The van der Waals surface area contributed by atoms with Crippen molar-refractivity contribution >= 4 is 61.3 Å². The highest BCUT2D eigenvalue weighted by atomic mass is 79.9. The van der Waals surface area contributed by atoms with Crippen LogP contribution in [0.15, 0.2) is 110 Å². The number of non-ortho nitro benzene ring substituents is 1. The number of halogens is 2. The SMILES string of the molecule is O=c1c2ccccc2nc(-c2cc3cc(Br)ccc3o2)n1N=Cc1cc(Cl)ccc1OCc1ccc([N+](=O)[O-])cc1. The molecule has 202 valence electrons. The highest BCUT2D eigenvalue weighted by Crippen LogP contribution is 2.29. The fraction of sp³-hybridized carbons (Fsp3) is 0.0333. The molecule has 0 N–H and O–H groups in total. The number of benzene rings is 4. The van der Waals surface area contributed by atoms with Crippen LogP contribution >= 0.6 is 27.5 Å². The van der Waals surface area contributed by atoms with Crippen LogP contribution in [0.4, 0.5) is 5.69 Å². The molecular weight excluding hydrogens is 612 g/mol. The summed E-state index contributed by atoms with van der Waals surface area (Å²) in [5.74, 6) is 1.06. The molecule has 4 aromatic carbocycles. The predicted molar refractivity (Wildman–Crippen MR) is 161 cm³/mol. The van der Waals surface area contributed by atoms with Crippen molar-refractivity contribution in [3.05, 3.63) is 132 Å². The molecule has 0 radical (unpaired) electrons. The van der Waals surface area contributed by atoms with Crippen molar-refractivity contribution in [1.82, 2.24) is 9.66 Å². The van der Waals surface area contributed by atoms with Crippen molar-refractivity contribution in [3.63, 3.8) is 0 Å². The Morgan fingerprint density at radius 2 is 1.85 bits per heavy atom. The topological polar surface area (TPSA) is 113 Å². The Bertz CT molecular complexity index is 2040. The maximum absolute atomic E-state index is 13.6. The highest BCUT2D eigenvalue weighted by molar-refractivity contribution is 9.10. The molecule has 2 heterocycles. The molecule has 0 aliphatic rings. The van der Waals surface area contributed by atoms with Crippen LogP contribution in [-0.4, -0.2) is 20.8 Å². The molecule has 0 atom stereocenters. The Morgan fingerprint density at radius 1 is 1.05 bits per heavy atom. The summed E-state index contributed by atoms with van der Waals surface area (Å²) in [5, 5.41) is 17.1. The Balaban J connectivity index is 1.40. The average molecular weight is 630 g/mol. The summed E-state index contributed by atoms with van der Waals surface area (Å²) >= 11 is 9.75. The molecule has 0 saturated heterocycles. The lowest BCUT2D eigenvalue weighted by atomic mass is 10.2. The number of nitro groups is 1. The van der Waals surface area contributed by atoms with E-state index >= 15 is 0 Å². The van der Waals surface area contributed by atoms with Gasteiger partial charge in [-0.1, -0.05) is 39.7 Å². The lowest BCUT2D eigenvalue weighted by molar-refractivity contribution is -0.384. The van der Waals surface area contributed by atoms with E-state index < -0.39 is 4.92 Å². The van der Waals surface area contributed by atoms with Crippen molar-refractivity contribution in [2.75, 3.05) is 0 Å². The molecule has 0 bridgehead atoms. The van der Waals surface area contributed by atoms with Crippen molar-refractivity contribution < 1.29 is 14.1 Å². The number of nitro benzene ring substituents is 1. The fourth-order valence-corrected chi connectivity index (χ4v) is 4.82. The molecule has 0 spiro atoms. The van der Waals surface area contributed by atoms with Crippen molar-refractivity contribution in [3.8, 4) is 17.3 Å². The van der Waals surface area contributed by atoms with E-state index in [2.05, 4.69) is 21.0 Å². The van der Waals surface area contributed by atoms with Gasteiger partial charge in [0.1, 0.15) is 17.9 Å². The molecule has 41 heavy (non-hydrogen) atoms. The first-order chi connectivity index (χ1) is 19.9. The van der Waals surface area contributed by atoms with E-state index in [0.29, 0.717) is 38.6 Å². The van der Waals surface area contributed by atoms with Crippen LogP contribution in [0.1, 0.15) is 11.1 Å². The Hall–Kier alpha value is -4.80. The summed E-state index contributed by atoms with van der Waals surface area (Å²) in [6.07, 6.45) is 1.47. The van der Waals surface area contributed by atoms with Crippen LogP contribution in [0.25, 0.3) is 33.5 Å². The quantitative estimate of drug-likeness (QED) is 0.102. The lowest BCUT2D eigenvalue weighted by Crippen LogP contribution is -2.20. The molecule has 0 aliphatic carbocycles. The maximum atomic E-state index is 13.6. The maximum Gasteiger partial charge on any atom is 0.282 e. The summed E-state index contributed by atoms with van der Waals surface area (Å²) in [6.45, 7) is 0.151. The highest BCUT2D eigenvalue weighted by Gasteiger charge is 2.17. The first-order valence-corrected chi connectivity index (χ1v) is 13.4. The van der Waals surface area contributed by atoms with Crippen LogP contribution in [0.3, 0.4) is 0 Å². The van der Waals surface area contributed by atoms with E-state index in [0.717, 1.165) is 15.4 Å². The van der Waals surface area contributed by atoms with Gasteiger partial charge >= 0.3 is 0 Å². The molecule has 0 amide bonds. The standard InChI is InChI=1S/C30H18BrClN4O5/c31-21-7-11-27-19(13-21)15-28(41-27)29-34-25-4-2-1-3-24(25)30(37)35(29)33-16-20-14-22(32)8-12-26(20)40-17-18-5-9-23(10-6-18)36(38)39/h1-16H,17H2. The Kier molecular flexibility index (Phi) is 7.08. The van der Waals surface area contributed by atoms with E-state index in [4.69, 9.17) is 25.7 Å². The van der Waals surface area contributed by atoms with Crippen LogP contribution in [0, 0.1) is 10.1 Å². The van der Waals surface area contributed by atoms with Gasteiger partial charge in [-0.3, -0.25) is 14.9 Å². The van der Waals surface area contributed by atoms with Crippen LogP contribution in [-0.2, 0) is 6.61 Å². The van der Waals surface area contributed by atoms with E-state index in [-0.39, 0.29) is 23.7 Å². The largest absolute Gasteiger partial charge is 0.488 e. The van der Waals surface area contributed by atoms with Gasteiger partial charge in [0.2, 0.25) is 5.82 Å². The second-order valence-electron chi connectivity index (χ2n) is 9.00. The predicted octanol–water partition coefficient (Wildman–Crippen LogP) is 7.60. The number of aromatic nitrogens is 2. The van der Waals surface area contributed by atoms with Gasteiger partial charge in [-0.05, 0) is 72.3 Å². The zero-order valence-electron chi connectivity index (χ0n) is 21.0. The number of rotatable bonds is 7. The van der Waals surface area contributed by atoms with Gasteiger partial charge in [-0.25, -0.2) is 4.98 Å². The van der Waals surface area contributed by atoms with Crippen molar-refractivity contribution in [2.45, 2.75) is 6.61 Å². The van der Waals surface area contributed by atoms with Crippen LogP contribution < -0.4 is 10.3 Å². The average Bonchev–Trinajstić information content (AvgIpc) is 3.39. The lowest BCUT2D eigenvalue weighted by Gasteiger charge is -2.10. The summed E-state index contributed by atoms with van der Waals surface area (Å²) in [6, 6.07) is 25.5. The molecule has 0 fully saturated rings. The number of furan rings is 1. The molecular formula is C30H18BrClN4O5. The van der Waals surface area contributed by atoms with Gasteiger partial charge in [0, 0.05) is 32.6 Å². The van der Waals surface area contributed by atoms with E-state index in [1.807, 2.05) is 24.3 Å². The van der Waals surface area contributed by atoms with Gasteiger partial charge in [0.05, 0.1) is 22.0 Å². The summed E-state index contributed by atoms with van der Waals surface area (Å²) < 4.78 is 14.1. The third-order valence-corrected chi connectivity index (χ3v) is 7.01. The number of fused-ring (bicyclic) bond motifs is 2. The first-order valence-electron chi connectivity index (χ1n) is 12.3. The minimum atomic E-state index is -0.458. The summed E-state index contributed by atoms with van der Waals surface area (Å²) in [4.78, 5) is 28.8. The third kappa shape index (κ3) is 5.47. The normalized spacial score (nSPS) is 11.5. The number of para-hydroxylation sites is 1. The second kappa shape index (κ2) is 11.0. The van der Waals surface area contributed by atoms with Crippen molar-refractivity contribution in [1.29, 1.82) is 0 Å². The Morgan fingerprint density at radius 3 is 2.66 bits per heavy atom. The fourth-order valence-electron chi connectivity index (χ4n) is 4.26. The molecule has 0 aliphatic heterocycles. The summed E-state index contributed by atoms with van der Waals surface area (Å²) in [5.41, 5.74) is 2.02. The minimum Gasteiger partial charge on any atom is -0.488 e. The zero-order valence-corrected chi connectivity index (χ0v) is 23.4. The van der Waals surface area contributed by atoms with Crippen molar-refractivity contribution in [2.24, 2.45) is 5.10 Å². The minimum absolute atomic E-state index is 0.00427. The molecule has 9 nitrogen and oxygen atoms in total. The molecule has 6 aromatic rings. The molecule has 11 heteroatoms. The van der Waals surface area contributed by atoms with Crippen LogP contribution in [0.2, 0.25) is 5.02 Å². The van der Waals surface area contributed by atoms with Gasteiger partial charge < -0.3 is 9.15 Å². The van der Waals surface area contributed by atoms with E-state index in [1.165, 1.54) is 23.0 Å². The molecule has 2 aromatic heterocycles. The van der Waals surface area contributed by atoms with Gasteiger partial charge in [0.15, 0.2) is 5.76 Å². The number of nitrogens with zero attached hydrogens (tertiary/aromatic N) is 4. The Labute approximate surface area is 245 Å². The summed E-state index contributed by atoms with van der Waals surface area (Å²) in [7, 11) is 0. The molecule has 6 rings (SSSR count). The van der Waals surface area contributed by atoms with Gasteiger partial charge in [0.25, 0.3) is 11.2 Å². The number of ether oxygens (including phenoxy) is 1. The monoisotopic (exact) mass is 628 g/mol.